The number of amides is 4. The lowest BCUT2D eigenvalue weighted by molar-refractivity contribution is -0.154. The van der Waals surface area contributed by atoms with Crippen molar-refractivity contribution < 1.29 is 57.3 Å². The number of benzene rings is 1. The SMILES string of the molecule is O=C1COC(=O)CNC(=O)COC(=O)C(Cc2ccc(Cn3ccc(-c4ccsc4)n3)cc2)NC(=O)COC(=O)CNC(=O)COC(=O)CN1. The molecule has 0 saturated carbocycles. The van der Waals surface area contributed by atoms with Gasteiger partial charge in [-0.2, -0.15) is 16.4 Å². The molecule has 0 bridgehead atoms. The molecule has 1 saturated heterocycles. The summed E-state index contributed by atoms with van der Waals surface area (Å²) in [7, 11) is 0. The Labute approximate surface area is 287 Å². The first-order valence-corrected chi connectivity index (χ1v) is 15.8. The molecule has 1 aromatic carbocycles. The third-order valence-corrected chi connectivity index (χ3v) is 7.30. The Balaban J connectivity index is 1.38. The van der Waals surface area contributed by atoms with E-state index in [-0.39, 0.29) is 6.42 Å². The van der Waals surface area contributed by atoms with Gasteiger partial charge in [-0.15, -0.1) is 0 Å². The predicted molar refractivity (Wildman–Crippen MR) is 170 cm³/mol. The summed E-state index contributed by atoms with van der Waals surface area (Å²) in [5.74, 6) is -7.55. The Kier molecular flexibility index (Phi) is 13.5. The van der Waals surface area contributed by atoms with Gasteiger partial charge in [0.1, 0.15) is 25.7 Å². The van der Waals surface area contributed by atoms with E-state index >= 15 is 0 Å². The number of carbonyl (C=O) groups excluding carboxylic acids is 8. The molecule has 0 spiro atoms. The van der Waals surface area contributed by atoms with E-state index in [0.29, 0.717) is 12.1 Å². The van der Waals surface area contributed by atoms with E-state index in [9.17, 15) is 38.4 Å². The van der Waals surface area contributed by atoms with Gasteiger partial charge in [0, 0.05) is 23.6 Å². The number of thiophene rings is 1. The maximum absolute atomic E-state index is 13.0. The van der Waals surface area contributed by atoms with Gasteiger partial charge in [0.2, 0.25) is 0 Å². The molecule has 18 nitrogen and oxygen atoms in total. The molecular weight excluding hydrogens is 680 g/mol. The maximum Gasteiger partial charge on any atom is 0.329 e. The van der Waals surface area contributed by atoms with Crippen LogP contribution < -0.4 is 21.3 Å². The number of hydrogen-bond acceptors (Lipinski definition) is 14. The van der Waals surface area contributed by atoms with Gasteiger partial charge in [-0.1, -0.05) is 24.3 Å². The van der Waals surface area contributed by atoms with Crippen LogP contribution in [0.5, 0.6) is 0 Å². The average molecular weight is 713 g/mol. The number of ether oxygens (including phenoxy) is 4. The summed E-state index contributed by atoms with van der Waals surface area (Å²) in [6.07, 6.45) is 1.78. The largest absolute Gasteiger partial charge is 0.454 e. The Morgan fingerprint density at radius 2 is 1.18 bits per heavy atom. The maximum atomic E-state index is 13.0. The highest BCUT2D eigenvalue weighted by Crippen LogP contribution is 2.20. The smallest absolute Gasteiger partial charge is 0.329 e. The van der Waals surface area contributed by atoms with E-state index < -0.39 is 99.6 Å². The predicted octanol–water partition coefficient (Wildman–Crippen LogP) is -1.78. The van der Waals surface area contributed by atoms with Gasteiger partial charge in [-0.25, -0.2) is 4.79 Å². The molecule has 19 heteroatoms. The zero-order valence-electron chi connectivity index (χ0n) is 26.3. The van der Waals surface area contributed by atoms with Crippen LogP contribution in [-0.2, 0) is 70.3 Å². The minimum atomic E-state index is -1.33. The molecule has 4 rings (SSSR count). The number of aromatic nitrogens is 2. The monoisotopic (exact) mass is 712 g/mol. The molecule has 0 radical (unpaired) electrons. The molecule has 1 aliphatic heterocycles. The van der Waals surface area contributed by atoms with Crippen LogP contribution in [0.25, 0.3) is 11.3 Å². The molecule has 2 aromatic heterocycles. The van der Waals surface area contributed by atoms with E-state index in [1.165, 1.54) is 0 Å². The molecule has 1 unspecified atom stereocenters. The van der Waals surface area contributed by atoms with Crippen molar-refractivity contribution in [1.82, 2.24) is 31.0 Å². The van der Waals surface area contributed by atoms with Crippen molar-refractivity contribution in [2.24, 2.45) is 0 Å². The summed E-state index contributed by atoms with van der Waals surface area (Å²) in [6.45, 7) is -4.77. The van der Waals surface area contributed by atoms with Crippen molar-refractivity contribution in [2.45, 2.75) is 19.0 Å². The lowest BCUT2D eigenvalue weighted by Crippen LogP contribution is -2.46. The van der Waals surface area contributed by atoms with Crippen LogP contribution in [-0.4, -0.2) is 109 Å². The fraction of sp³-hybridized carbons (Fsp3) is 0.323. The summed E-state index contributed by atoms with van der Waals surface area (Å²) in [4.78, 5) is 97.2. The fourth-order valence-electron chi connectivity index (χ4n) is 4.14. The van der Waals surface area contributed by atoms with Crippen molar-refractivity contribution in [2.75, 3.05) is 46.1 Å². The van der Waals surface area contributed by atoms with Crippen molar-refractivity contribution >= 4 is 58.8 Å². The first kappa shape index (κ1) is 36.7. The number of esters is 4. The van der Waals surface area contributed by atoms with Crippen molar-refractivity contribution in [3.05, 3.63) is 64.5 Å². The van der Waals surface area contributed by atoms with Gasteiger partial charge < -0.3 is 40.2 Å². The molecular formula is C31H32N6O12S. The number of hydrogen-bond donors (Lipinski definition) is 4. The Morgan fingerprint density at radius 1 is 0.660 bits per heavy atom. The van der Waals surface area contributed by atoms with Crippen LogP contribution in [0.2, 0.25) is 0 Å². The van der Waals surface area contributed by atoms with Crippen LogP contribution in [0.1, 0.15) is 11.1 Å². The number of carbonyl (C=O) groups is 8. The topological polar surface area (TPSA) is 239 Å². The quantitative estimate of drug-likeness (QED) is 0.169. The second kappa shape index (κ2) is 18.4. The number of nitrogens with zero attached hydrogens (tertiary/aromatic N) is 2. The highest BCUT2D eigenvalue weighted by molar-refractivity contribution is 7.08. The summed E-state index contributed by atoms with van der Waals surface area (Å²) in [5.41, 5.74) is 3.38. The molecule has 1 fully saturated rings. The number of cyclic esters (lactones) is 4. The molecule has 1 atom stereocenters. The molecule has 4 N–H and O–H groups in total. The van der Waals surface area contributed by atoms with Crippen LogP contribution in [0, 0.1) is 0 Å². The summed E-state index contributed by atoms with van der Waals surface area (Å²) < 4.78 is 21.0. The van der Waals surface area contributed by atoms with E-state index in [2.05, 4.69) is 31.1 Å². The van der Waals surface area contributed by atoms with Gasteiger partial charge >= 0.3 is 23.9 Å². The third kappa shape index (κ3) is 12.5. The van der Waals surface area contributed by atoms with Gasteiger partial charge in [0.15, 0.2) is 26.4 Å². The van der Waals surface area contributed by atoms with Gasteiger partial charge in [-0.3, -0.25) is 38.2 Å². The van der Waals surface area contributed by atoms with Crippen molar-refractivity contribution in [1.29, 1.82) is 0 Å². The second-order valence-electron chi connectivity index (χ2n) is 10.5. The Hall–Kier alpha value is -6.11. The van der Waals surface area contributed by atoms with Crippen molar-refractivity contribution in [3.8, 4) is 11.3 Å². The van der Waals surface area contributed by atoms with Crippen LogP contribution >= 0.6 is 11.3 Å². The van der Waals surface area contributed by atoms with E-state index in [0.717, 1.165) is 16.8 Å². The number of rotatable bonds is 5. The first-order valence-electron chi connectivity index (χ1n) is 14.9. The second-order valence-corrected chi connectivity index (χ2v) is 11.3. The Bertz CT molecular complexity index is 1710. The molecule has 50 heavy (non-hydrogen) atoms. The molecule has 1 aliphatic rings. The zero-order valence-corrected chi connectivity index (χ0v) is 27.2. The lowest BCUT2D eigenvalue weighted by atomic mass is 10.0. The molecule has 264 valence electrons. The van der Waals surface area contributed by atoms with Crippen LogP contribution in [0.15, 0.2) is 53.4 Å². The molecule has 3 heterocycles. The highest BCUT2D eigenvalue weighted by atomic mass is 32.1. The Morgan fingerprint density at radius 3 is 1.72 bits per heavy atom. The fourth-order valence-corrected chi connectivity index (χ4v) is 4.79. The first-order chi connectivity index (χ1) is 24.0. The molecule has 0 aliphatic carbocycles. The minimum Gasteiger partial charge on any atom is -0.454 e. The summed E-state index contributed by atoms with van der Waals surface area (Å²) in [5, 5.41) is 17.3. The number of nitrogens with one attached hydrogen (secondary N) is 4. The summed E-state index contributed by atoms with van der Waals surface area (Å²) >= 11 is 1.58. The average Bonchev–Trinajstić information content (AvgIpc) is 3.81. The van der Waals surface area contributed by atoms with E-state index in [1.54, 1.807) is 28.2 Å². The van der Waals surface area contributed by atoms with Gasteiger partial charge in [0.25, 0.3) is 23.6 Å². The molecule has 3 aromatic rings. The highest BCUT2D eigenvalue weighted by Gasteiger charge is 2.25. The van der Waals surface area contributed by atoms with E-state index in [4.69, 9.17) is 14.2 Å². The zero-order chi connectivity index (χ0) is 35.9. The lowest BCUT2D eigenvalue weighted by Gasteiger charge is -2.18. The van der Waals surface area contributed by atoms with Gasteiger partial charge in [-0.05, 0) is 28.6 Å². The van der Waals surface area contributed by atoms with Crippen LogP contribution in [0.3, 0.4) is 0 Å². The van der Waals surface area contributed by atoms with E-state index in [1.807, 2.05) is 41.2 Å². The molecule has 4 amide bonds. The van der Waals surface area contributed by atoms with Crippen molar-refractivity contribution in [3.63, 3.8) is 0 Å². The summed E-state index contributed by atoms with van der Waals surface area (Å²) in [6, 6.07) is 9.68. The standard InChI is InChI=1S/C31H32N6O12S/c38-24-14-47-29(43)11-34-26(40)16-49-31(45)23(35-27(41)17-48-30(44)12-33-25(39)15-46-28(42)10-32-24)9-19-1-3-20(4-2-19)13-37-7-5-22(36-37)21-6-8-50-18-21/h1-8,18,23H,9-17H2,(H,32,38)(H,33,39)(H,34,40)(H,35,41). The minimum absolute atomic E-state index is 0.0757. The van der Waals surface area contributed by atoms with Gasteiger partial charge in [0.05, 0.1) is 12.2 Å². The van der Waals surface area contributed by atoms with Crippen LogP contribution in [0.4, 0.5) is 0 Å². The third-order valence-electron chi connectivity index (χ3n) is 6.61. The normalized spacial score (nSPS) is 18.2.